The van der Waals surface area contributed by atoms with Crippen LogP contribution >= 0.6 is 0 Å². The van der Waals surface area contributed by atoms with E-state index in [-0.39, 0.29) is 18.2 Å². The fourth-order valence-corrected chi connectivity index (χ4v) is 4.08. The van der Waals surface area contributed by atoms with Gasteiger partial charge in [0.2, 0.25) is 10.0 Å². The largest absolute Gasteiger partial charge is 0.392 e. The van der Waals surface area contributed by atoms with Crippen molar-refractivity contribution in [2.75, 3.05) is 18.8 Å². The maximum Gasteiger partial charge on any atom is 0.214 e. The molecule has 18 heavy (non-hydrogen) atoms. The van der Waals surface area contributed by atoms with Crippen LogP contribution in [0.5, 0.6) is 0 Å². The predicted octanol–water partition coefficient (Wildman–Crippen LogP) is 1.19. The van der Waals surface area contributed by atoms with Crippen molar-refractivity contribution < 1.29 is 13.5 Å². The van der Waals surface area contributed by atoms with Gasteiger partial charge in [0, 0.05) is 13.1 Å². The molecule has 0 aliphatic carbocycles. The lowest BCUT2D eigenvalue weighted by atomic mass is 10.0. The molecule has 1 heterocycles. The monoisotopic (exact) mass is 269 g/mol. The van der Waals surface area contributed by atoms with Crippen molar-refractivity contribution >= 4 is 10.0 Å². The minimum Gasteiger partial charge on any atom is -0.392 e. The third-order valence-corrected chi connectivity index (χ3v) is 5.39. The predicted molar refractivity (Wildman–Crippen MR) is 70.8 cm³/mol. The number of nitrogens with zero attached hydrogens (tertiary/aromatic N) is 1. The van der Waals surface area contributed by atoms with Crippen LogP contribution in [0.25, 0.3) is 0 Å². The van der Waals surface area contributed by atoms with Crippen molar-refractivity contribution in [3.05, 3.63) is 35.9 Å². The first-order chi connectivity index (χ1) is 8.49. The Morgan fingerprint density at radius 2 is 2.06 bits per heavy atom. The van der Waals surface area contributed by atoms with Crippen LogP contribution in [-0.4, -0.2) is 42.8 Å². The van der Waals surface area contributed by atoms with E-state index < -0.39 is 16.1 Å². The zero-order valence-electron chi connectivity index (χ0n) is 10.5. The summed E-state index contributed by atoms with van der Waals surface area (Å²) in [6.45, 7) is 2.59. The van der Waals surface area contributed by atoms with Gasteiger partial charge in [0.05, 0.1) is 11.9 Å². The number of hydrogen-bond donors (Lipinski definition) is 1. The third kappa shape index (κ3) is 3.10. The van der Waals surface area contributed by atoms with Gasteiger partial charge in [0.25, 0.3) is 0 Å². The minimum atomic E-state index is -3.27. The SMILES string of the molecule is CC(CS(=O)(=O)N1CC[C@@H](O)C1)c1ccccc1. The van der Waals surface area contributed by atoms with Crippen molar-refractivity contribution in [3.8, 4) is 0 Å². The highest BCUT2D eigenvalue weighted by Crippen LogP contribution is 2.21. The quantitative estimate of drug-likeness (QED) is 0.893. The summed E-state index contributed by atoms with van der Waals surface area (Å²) in [6.07, 6.45) is 0.0330. The van der Waals surface area contributed by atoms with Gasteiger partial charge in [-0.25, -0.2) is 8.42 Å². The van der Waals surface area contributed by atoms with Crippen LogP contribution in [0.4, 0.5) is 0 Å². The maximum absolute atomic E-state index is 12.2. The van der Waals surface area contributed by atoms with Crippen LogP contribution in [0, 0.1) is 0 Å². The average molecular weight is 269 g/mol. The standard InChI is InChI=1S/C13H19NO3S/c1-11(12-5-3-2-4-6-12)10-18(16,17)14-8-7-13(15)9-14/h2-6,11,13,15H,7-10H2,1H3/t11?,13-/m1/s1. The highest BCUT2D eigenvalue weighted by Gasteiger charge is 2.31. The van der Waals surface area contributed by atoms with Crippen molar-refractivity contribution in [3.63, 3.8) is 0 Å². The summed E-state index contributed by atoms with van der Waals surface area (Å²) in [7, 11) is -3.27. The van der Waals surface area contributed by atoms with Crippen molar-refractivity contribution in [2.24, 2.45) is 0 Å². The molecule has 1 aromatic carbocycles. The van der Waals surface area contributed by atoms with Gasteiger partial charge < -0.3 is 5.11 Å². The number of aliphatic hydroxyl groups is 1. The molecular weight excluding hydrogens is 250 g/mol. The number of aliphatic hydroxyl groups excluding tert-OH is 1. The summed E-state index contributed by atoms with van der Waals surface area (Å²) in [5, 5.41) is 9.41. The Balaban J connectivity index is 2.04. The zero-order chi connectivity index (χ0) is 13.2. The van der Waals surface area contributed by atoms with Gasteiger partial charge in [0.1, 0.15) is 0 Å². The van der Waals surface area contributed by atoms with Crippen LogP contribution in [0.3, 0.4) is 0 Å². The van der Waals surface area contributed by atoms with E-state index in [1.54, 1.807) is 0 Å². The highest BCUT2D eigenvalue weighted by atomic mass is 32.2. The first kappa shape index (κ1) is 13.5. The molecule has 1 aromatic rings. The molecule has 0 amide bonds. The lowest BCUT2D eigenvalue weighted by Gasteiger charge is -2.19. The number of benzene rings is 1. The zero-order valence-corrected chi connectivity index (χ0v) is 11.3. The minimum absolute atomic E-state index is 0.0334. The second-order valence-corrected chi connectivity index (χ2v) is 6.90. The van der Waals surface area contributed by atoms with E-state index in [9.17, 15) is 13.5 Å². The van der Waals surface area contributed by atoms with Crippen LogP contribution in [0.15, 0.2) is 30.3 Å². The molecular formula is C13H19NO3S. The first-order valence-corrected chi connectivity index (χ1v) is 7.81. The molecule has 100 valence electrons. The molecule has 5 heteroatoms. The summed E-state index contributed by atoms with van der Waals surface area (Å²) in [6, 6.07) is 9.63. The molecule has 0 radical (unpaired) electrons. The third-order valence-electron chi connectivity index (χ3n) is 3.35. The average Bonchev–Trinajstić information content (AvgIpc) is 2.77. The highest BCUT2D eigenvalue weighted by molar-refractivity contribution is 7.89. The molecule has 0 spiro atoms. The van der Waals surface area contributed by atoms with Crippen molar-refractivity contribution in [2.45, 2.75) is 25.4 Å². The van der Waals surface area contributed by atoms with E-state index in [4.69, 9.17) is 0 Å². The fourth-order valence-electron chi connectivity index (χ4n) is 2.26. The molecule has 1 unspecified atom stereocenters. The molecule has 2 atom stereocenters. The molecule has 0 saturated carbocycles. The molecule has 0 bridgehead atoms. The van der Waals surface area contributed by atoms with E-state index in [1.807, 2.05) is 37.3 Å². The number of hydrogen-bond acceptors (Lipinski definition) is 3. The van der Waals surface area contributed by atoms with E-state index in [1.165, 1.54) is 4.31 Å². The van der Waals surface area contributed by atoms with Crippen LogP contribution in [0.2, 0.25) is 0 Å². The number of sulfonamides is 1. The molecule has 1 aliphatic heterocycles. The Bertz CT molecular complexity index is 486. The Hall–Kier alpha value is -0.910. The lowest BCUT2D eigenvalue weighted by Crippen LogP contribution is -2.33. The summed E-state index contributed by atoms with van der Waals surface area (Å²) in [5.74, 6) is 0.0675. The van der Waals surface area contributed by atoms with Gasteiger partial charge in [-0.15, -0.1) is 0 Å². The normalized spacial score (nSPS) is 23.1. The molecule has 2 rings (SSSR count). The second kappa shape index (κ2) is 5.38. The first-order valence-electron chi connectivity index (χ1n) is 6.20. The molecule has 1 N–H and O–H groups in total. The maximum atomic E-state index is 12.2. The van der Waals surface area contributed by atoms with Gasteiger partial charge in [-0.2, -0.15) is 4.31 Å². The number of β-amino-alcohol motifs (C(OH)–C–C–N with tert-alkyl or cyclic N) is 1. The van der Waals surface area contributed by atoms with E-state index in [0.29, 0.717) is 13.0 Å². The molecule has 1 aliphatic rings. The van der Waals surface area contributed by atoms with E-state index in [2.05, 4.69) is 0 Å². The lowest BCUT2D eigenvalue weighted by molar-refractivity contribution is 0.189. The molecule has 0 aromatic heterocycles. The summed E-state index contributed by atoms with van der Waals surface area (Å²) in [5.41, 5.74) is 1.03. The second-order valence-electron chi connectivity index (χ2n) is 4.89. The molecule has 1 fully saturated rings. The number of rotatable bonds is 4. The van der Waals surface area contributed by atoms with Gasteiger partial charge in [-0.3, -0.25) is 0 Å². The Morgan fingerprint density at radius 1 is 1.39 bits per heavy atom. The van der Waals surface area contributed by atoms with Crippen LogP contribution in [-0.2, 0) is 10.0 Å². The Kier molecular flexibility index (Phi) is 4.04. The fraction of sp³-hybridized carbons (Fsp3) is 0.538. The Morgan fingerprint density at radius 3 is 2.61 bits per heavy atom. The van der Waals surface area contributed by atoms with E-state index in [0.717, 1.165) is 5.56 Å². The van der Waals surface area contributed by atoms with Gasteiger partial charge in [0.15, 0.2) is 0 Å². The summed E-state index contributed by atoms with van der Waals surface area (Å²) >= 11 is 0. The van der Waals surface area contributed by atoms with Gasteiger partial charge >= 0.3 is 0 Å². The van der Waals surface area contributed by atoms with Gasteiger partial charge in [-0.05, 0) is 17.9 Å². The summed E-state index contributed by atoms with van der Waals surface area (Å²) in [4.78, 5) is 0. The van der Waals surface area contributed by atoms with Gasteiger partial charge in [-0.1, -0.05) is 37.3 Å². The van der Waals surface area contributed by atoms with Crippen molar-refractivity contribution in [1.29, 1.82) is 0 Å². The van der Waals surface area contributed by atoms with E-state index >= 15 is 0 Å². The van der Waals surface area contributed by atoms with Crippen LogP contribution < -0.4 is 0 Å². The Labute approximate surface area is 108 Å². The topological polar surface area (TPSA) is 57.6 Å². The molecule has 1 saturated heterocycles. The smallest absolute Gasteiger partial charge is 0.214 e. The van der Waals surface area contributed by atoms with Crippen molar-refractivity contribution in [1.82, 2.24) is 4.31 Å². The summed E-state index contributed by atoms with van der Waals surface area (Å²) < 4.78 is 25.8. The molecule has 4 nitrogen and oxygen atoms in total. The van der Waals surface area contributed by atoms with Crippen LogP contribution in [0.1, 0.15) is 24.8 Å².